The topological polar surface area (TPSA) is 115 Å². The third-order valence-electron chi connectivity index (χ3n) is 1.78. The van der Waals surface area contributed by atoms with Gasteiger partial charge in [0.25, 0.3) is 0 Å². The first-order chi connectivity index (χ1) is 7.74. The zero-order valence-corrected chi connectivity index (χ0v) is 10.8. The van der Waals surface area contributed by atoms with Gasteiger partial charge < -0.3 is 11.5 Å². The van der Waals surface area contributed by atoms with E-state index in [1.807, 2.05) is 4.72 Å². The Morgan fingerprint density at radius 1 is 1.47 bits per heavy atom. The molecule has 0 spiro atoms. The zero-order chi connectivity index (χ0) is 13.2. The maximum absolute atomic E-state index is 13.0. The molecule has 1 aromatic rings. The van der Waals surface area contributed by atoms with Gasteiger partial charge in [-0.25, -0.2) is 17.5 Å². The first-order valence-corrected chi connectivity index (χ1v) is 6.54. The van der Waals surface area contributed by atoms with Crippen molar-refractivity contribution >= 4 is 37.5 Å². The van der Waals surface area contributed by atoms with E-state index in [1.54, 1.807) is 0 Å². The van der Waals surface area contributed by atoms with Crippen molar-refractivity contribution < 1.29 is 17.6 Å². The van der Waals surface area contributed by atoms with Gasteiger partial charge in [-0.1, -0.05) is 0 Å². The van der Waals surface area contributed by atoms with Crippen molar-refractivity contribution in [2.75, 3.05) is 12.3 Å². The number of carbonyl (C=O) groups is 1. The summed E-state index contributed by atoms with van der Waals surface area (Å²) in [7, 11) is -3.97. The summed E-state index contributed by atoms with van der Waals surface area (Å²) in [6.07, 6.45) is 0. The van der Waals surface area contributed by atoms with E-state index in [0.29, 0.717) is 0 Å². The second-order valence-corrected chi connectivity index (χ2v) is 5.68. The predicted octanol–water partition coefficient (Wildman–Crippen LogP) is -0.0660. The van der Waals surface area contributed by atoms with E-state index in [9.17, 15) is 17.6 Å². The lowest BCUT2D eigenvalue weighted by molar-refractivity contribution is -0.116. The van der Waals surface area contributed by atoms with Gasteiger partial charge in [0.1, 0.15) is 5.82 Å². The second kappa shape index (κ2) is 4.98. The number of carbonyl (C=O) groups excluding carboxylic acids is 1. The second-order valence-electron chi connectivity index (χ2n) is 3.10. The monoisotopic (exact) mass is 325 g/mol. The van der Waals surface area contributed by atoms with E-state index < -0.39 is 28.3 Å². The molecular weight excluding hydrogens is 317 g/mol. The molecule has 0 atom stereocenters. The minimum Gasteiger partial charge on any atom is -0.396 e. The molecule has 0 aliphatic heterocycles. The van der Waals surface area contributed by atoms with Crippen LogP contribution in [0.3, 0.4) is 0 Å². The number of anilines is 1. The molecule has 0 fully saturated rings. The average Bonchev–Trinajstić information content (AvgIpc) is 2.20. The number of nitrogens with two attached hydrogens (primary N) is 2. The van der Waals surface area contributed by atoms with Crippen molar-refractivity contribution in [2.24, 2.45) is 5.73 Å². The number of sulfonamides is 1. The largest absolute Gasteiger partial charge is 0.396 e. The lowest BCUT2D eigenvalue weighted by Gasteiger charge is -2.08. The van der Waals surface area contributed by atoms with E-state index in [1.165, 1.54) is 0 Å². The van der Waals surface area contributed by atoms with Gasteiger partial charge in [-0.2, -0.15) is 0 Å². The van der Waals surface area contributed by atoms with Crippen LogP contribution in [0.5, 0.6) is 0 Å². The molecule has 0 saturated heterocycles. The fourth-order valence-electron chi connectivity index (χ4n) is 0.995. The van der Waals surface area contributed by atoms with Crippen molar-refractivity contribution in [3.8, 4) is 0 Å². The highest BCUT2D eigenvalue weighted by atomic mass is 79.9. The van der Waals surface area contributed by atoms with Gasteiger partial charge in [0.2, 0.25) is 15.9 Å². The van der Waals surface area contributed by atoms with Crippen LogP contribution in [0, 0.1) is 5.82 Å². The van der Waals surface area contributed by atoms with Crippen LogP contribution >= 0.6 is 15.9 Å². The molecule has 6 nitrogen and oxygen atoms in total. The summed E-state index contributed by atoms with van der Waals surface area (Å²) in [6, 6.07) is 1.87. The third kappa shape index (κ3) is 3.38. The first-order valence-electron chi connectivity index (χ1n) is 4.26. The maximum Gasteiger partial charge on any atom is 0.242 e. The van der Waals surface area contributed by atoms with E-state index >= 15 is 0 Å². The lowest BCUT2D eigenvalue weighted by atomic mass is 10.3. The SMILES string of the molecule is NC(=O)CNS(=O)(=O)c1cc(N)c(F)cc1Br. The van der Waals surface area contributed by atoms with E-state index in [0.717, 1.165) is 12.1 Å². The Hall–Kier alpha value is -1.19. The molecule has 0 bridgehead atoms. The lowest BCUT2D eigenvalue weighted by Crippen LogP contribution is -2.33. The Labute approximate surface area is 105 Å². The summed E-state index contributed by atoms with van der Waals surface area (Å²) in [6.45, 7) is -0.550. The summed E-state index contributed by atoms with van der Waals surface area (Å²) < 4.78 is 38.4. The molecule has 5 N–H and O–H groups in total. The number of nitrogen functional groups attached to an aromatic ring is 1. The maximum atomic E-state index is 13.0. The molecular formula is C8H9BrFN3O3S. The Bertz CT molecular complexity index is 561. The highest BCUT2D eigenvalue weighted by molar-refractivity contribution is 9.10. The van der Waals surface area contributed by atoms with Gasteiger partial charge in [-0.3, -0.25) is 4.79 Å². The summed E-state index contributed by atoms with van der Waals surface area (Å²) in [5, 5.41) is 0. The highest BCUT2D eigenvalue weighted by Crippen LogP contribution is 2.26. The van der Waals surface area contributed by atoms with Crippen molar-refractivity contribution in [1.29, 1.82) is 0 Å². The smallest absolute Gasteiger partial charge is 0.242 e. The molecule has 0 unspecified atom stereocenters. The quantitative estimate of drug-likeness (QED) is 0.672. The van der Waals surface area contributed by atoms with Crippen LogP contribution in [0.1, 0.15) is 0 Å². The molecule has 9 heteroatoms. The highest BCUT2D eigenvalue weighted by Gasteiger charge is 2.20. The summed E-state index contributed by atoms with van der Waals surface area (Å²) in [4.78, 5) is 10.2. The summed E-state index contributed by atoms with van der Waals surface area (Å²) >= 11 is 2.89. The van der Waals surface area contributed by atoms with E-state index in [2.05, 4.69) is 15.9 Å². The molecule has 1 aromatic carbocycles. The van der Waals surface area contributed by atoms with Gasteiger partial charge in [-0.15, -0.1) is 0 Å². The molecule has 1 rings (SSSR count). The predicted molar refractivity (Wildman–Crippen MR) is 62.9 cm³/mol. The Morgan fingerprint density at radius 3 is 2.59 bits per heavy atom. The number of halogens is 2. The van der Waals surface area contributed by atoms with Crippen LogP contribution in [-0.2, 0) is 14.8 Å². The Kier molecular flexibility index (Phi) is 4.07. The van der Waals surface area contributed by atoms with Crippen LogP contribution in [0.4, 0.5) is 10.1 Å². The number of hydrogen-bond acceptors (Lipinski definition) is 4. The molecule has 0 radical (unpaired) electrons. The van der Waals surface area contributed by atoms with Crippen LogP contribution in [-0.4, -0.2) is 20.9 Å². The molecule has 17 heavy (non-hydrogen) atoms. The number of rotatable bonds is 4. The Balaban J connectivity index is 3.15. The van der Waals surface area contributed by atoms with Gasteiger partial charge in [-0.05, 0) is 28.1 Å². The van der Waals surface area contributed by atoms with Crippen LogP contribution in [0.2, 0.25) is 0 Å². The number of benzene rings is 1. The van der Waals surface area contributed by atoms with Crippen molar-refractivity contribution in [1.82, 2.24) is 4.72 Å². The van der Waals surface area contributed by atoms with Crippen LogP contribution in [0.25, 0.3) is 0 Å². The molecule has 0 heterocycles. The van der Waals surface area contributed by atoms with Crippen molar-refractivity contribution in [2.45, 2.75) is 4.90 Å². The third-order valence-corrected chi connectivity index (χ3v) is 4.14. The summed E-state index contributed by atoms with van der Waals surface area (Å²) in [5.41, 5.74) is 9.76. The fraction of sp³-hybridized carbons (Fsp3) is 0.125. The number of amides is 1. The number of hydrogen-bond donors (Lipinski definition) is 3. The molecule has 0 aliphatic rings. The van der Waals surface area contributed by atoms with Gasteiger partial charge >= 0.3 is 0 Å². The fourth-order valence-corrected chi connectivity index (χ4v) is 3.03. The van der Waals surface area contributed by atoms with Crippen LogP contribution < -0.4 is 16.2 Å². The number of nitrogens with one attached hydrogen (secondary N) is 1. The van der Waals surface area contributed by atoms with E-state index in [-0.39, 0.29) is 15.1 Å². The summed E-state index contributed by atoms with van der Waals surface area (Å²) in [5.74, 6) is -1.58. The standard InChI is InChI=1S/C8H9BrFN3O3S/c9-4-1-5(10)6(11)2-7(4)17(15,16)13-3-8(12)14/h1-2,13H,3,11H2,(H2,12,14). The molecule has 0 aromatic heterocycles. The van der Waals surface area contributed by atoms with Gasteiger partial charge in [0, 0.05) is 4.47 Å². The zero-order valence-electron chi connectivity index (χ0n) is 8.41. The van der Waals surface area contributed by atoms with Gasteiger partial charge in [0.05, 0.1) is 17.1 Å². The first kappa shape index (κ1) is 13.9. The molecule has 94 valence electrons. The van der Waals surface area contributed by atoms with Crippen molar-refractivity contribution in [3.63, 3.8) is 0 Å². The molecule has 0 aliphatic carbocycles. The van der Waals surface area contributed by atoms with Crippen molar-refractivity contribution in [3.05, 3.63) is 22.4 Å². The molecule has 0 saturated carbocycles. The minimum absolute atomic E-state index is 0.00108. The minimum atomic E-state index is -3.97. The van der Waals surface area contributed by atoms with Gasteiger partial charge in [0.15, 0.2) is 0 Å². The van der Waals surface area contributed by atoms with Crippen LogP contribution in [0.15, 0.2) is 21.5 Å². The molecule has 1 amide bonds. The van der Waals surface area contributed by atoms with E-state index in [4.69, 9.17) is 11.5 Å². The normalized spacial score (nSPS) is 11.4. The Morgan fingerprint density at radius 2 is 2.06 bits per heavy atom. The number of primary amides is 1. The average molecular weight is 326 g/mol.